The summed E-state index contributed by atoms with van der Waals surface area (Å²) in [7, 11) is 0. The molecule has 1 N–H and O–H groups in total. The number of fused-ring (bicyclic) bond motifs is 1. The average Bonchev–Trinajstić information content (AvgIpc) is 3.64. The number of hydrogen-bond acceptors (Lipinski definition) is 5. The zero-order chi connectivity index (χ0) is 32.0. The molecule has 224 valence electrons. The Morgan fingerprint density at radius 1 is 0.721 bits per heavy atom. The third kappa shape index (κ3) is 10.00. The van der Waals surface area contributed by atoms with Crippen molar-refractivity contribution in [1.29, 1.82) is 0 Å². The fraction of sp³-hybridized carbons (Fsp3) is 0.278. The molecule has 3 aromatic carbocycles. The fourth-order valence-corrected chi connectivity index (χ4v) is 5.98. The second kappa shape index (κ2) is 19.6. The van der Waals surface area contributed by atoms with Crippen molar-refractivity contribution in [2.45, 2.75) is 69.2 Å². The normalized spacial score (nSPS) is 9.35. The number of nitrogens with zero attached hydrogens (tertiary/aromatic N) is 1. The predicted octanol–water partition coefficient (Wildman–Crippen LogP) is 9.56. The molecule has 4 nitrogen and oxygen atoms in total. The molecule has 43 heavy (non-hydrogen) atoms. The van der Waals surface area contributed by atoms with Gasteiger partial charge in [-0.1, -0.05) is 124 Å². The van der Waals surface area contributed by atoms with E-state index >= 15 is 0 Å². The van der Waals surface area contributed by atoms with Crippen molar-refractivity contribution in [3.63, 3.8) is 0 Å². The summed E-state index contributed by atoms with van der Waals surface area (Å²) in [5.74, 6) is 0.156. The van der Waals surface area contributed by atoms with Crippen LogP contribution in [0.3, 0.4) is 0 Å². The molecule has 0 fully saturated rings. The molecule has 0 bridgehead atoms. The second-order valence-electron chi connectivity index (χ2n) is 8.65. The maximum atomic E-state index is 12.2. The number of para-hydroxylation sites is 1. The summed E-state index contributed by atoms with van der Waals surface area (Å²) in [6.45, 7) is 27.2. The Bertz CT molecular complexity index is 1540. The molecule has 2 heterocycles. The Morgan fingerprint density at radius 3 is 1.72 bits per heavy atom. The van der Waals surface area contributed by atoms with Crippen molar-refractivity contribution in [3.8, 4) is 32.6 Å². The summed E-state index contributed by atoms with van der Waals surface area (Å²) in [5, 5.41) is 26.0. The number of aromatic nitrogens is 2. The molecule has 0 aliphatic carbocycles. The first-order valence-electron chi connectivity index (χ1n) is 14.5. The molecule has 0 aliphatic heterocycles. The van der Waals surface area contributed by atoms with Crippen LogP contribution in [0.1, 0.15) is 74.4 Å². The number of hydrogen-bond donors (Lipinski definition) is 0. The van der Waals surface area contributed by atoms with Crippen LogP contribution in [0, 0.1) is 27.7 Å². The molecule has 5 rings (SSSR count). The van der Waals surface area contributed by atoms with Crippen molar-refractivity contribution in [2.75, 3.05) is 0 Å². The predicted molar refractivity (Wildman–Crippen MR) is 189 cm³/mol. The summed E-state index contributed by atoms with van der Waals surface area (Å²) in [6.07, 6.45) is 3.43. The van der Waals surface area contributed by atoms with E-state index < -0.39 is 0 Å². The van der Waals surface area contributed by atoms with Crippen LogP contribution in [0.25, 0.3) is 43.5 Å². The molecule has 0 spiro atoms. The summed E-state index contributed by atoms with van der Waals surface area (Å²) in [6, 6.07) is 15.8. The van der Waals surface area contributed by atoms with Crippen molar-refractivity contribution < 1.29 is 15.2 Å². The maximum Gasteiger partial charge on any atom is 2.00 e. The Balaban J connectivity index is 0.000000686. The monoisotopic (exact) mass is 610 g/mol. The number of rotatable bonds is 4. The number of thiazole rings is 2. The zero-order valence-corrected chi connectivity index (χ0v) is 29.1. The number of benzene rings is 3. The minimum Gasteiger partial charge on any atom is -0.872 e. The Hall–Kier alpha value is -3.57. The minimum absolute atomic E-state index is 0. The first-order chi connectivity index (χ1) is 20.2. The van der Waals surface area contributed by atoms with E-state index in [1.165, 1.54) is 16.0 Å². The molecule has 0 aliphatic rings. The van der Waals surface area contributed by atoms with Gasteiger partial charge in [0.25, 0.3) is 5.01 Å². The van der Waals surface area contributed by atoms with Crippen LogP contribution < -0.4 is 15.2 Å². The summed E-state index contributed by atoms with van der Waals surface area (Å²) in [4.78, 5) is 8.71. The maximum absolute atomic E-state index is 12.2. The SMILES string of the molecule is C=Cc1nc(-c2cc(C)cc(C)c2[O-])sc1C=C.CC.CC.CC.Cc1cc(C)c([O-])c(-c2[nH+]c3ccccc3s2)c1.[Be+2]. The van der Waals surface area contributed by atoms with E-state index in [1.54, 1.807) is 23.5 Å². The number of H-pyrrole nitrogens is 1. The van der Waals surface area contributed by atoms with Gasteiger partial charge in [-0.05, 0) is 58.0 Å². The summed E-state index contributed by atoms with van der Waals surface area (Å²) < 4.78 is 1.17. The van der Waals surface area contributed by atoms with Gasteiger partial charge >= 0.3 is 10.1 Å². The van der Waals surface area contributed by atoms with Crippen LogP contribution in [0.5, 0.6) is 11.5 Å². The van der Waals surface area contributed by atoms with E-state index in [2.05, 4.69) is 29.2 Å². The molecule has 0 saturated carbocycles. The molecular weight excluding hydrogens is 566 g/mol. The fourth-order valence-electron chi connectivity index (χ4n) is 4.03. The Kier molecular flexibility index (Phi) is 18.0. The minimum atomic E-state index is 0. The van der Waals surface area contributed by atoms with Gasteiger partial charge in [0.15, 0.2) is 0 Å². The first kappa shape index (κ1) is 39.4. The molecule has 0 saturated heterocycles. The van der Waals surface area contributed by atoms with Gasteiger partial charge in [-0.25, -0.2) is 4.98 Å². The Labute approximate surface area is 270 Å². The van der Waals surface area contributed by atoms with E-state index in [0.717, 1.165) is 53.9 Å². The van der Waals surface area contributed by atoms with Crippen molar-refractivity contribution in [1.82, 2.24) is 4.98 Å². The first-order valence-corrected chi connectivity index (χ1v) is 16.1. The van der Waals surface area contributed by atoms with E-state index in [0.29, 0.717) is 5.56 Å². The molecule has 7 heteroatoms. The van der Waals surface area contributed by atoms with Crippen LogP contribution in [-0.4, -0.2) is 15.1 Å². The van der Waals surface area contributed by atoms with Crippen LogP contribution in [0.2, 0.25) is 0 Å². The second-order valence-corrected chi connectivity index (χ2v) is 10.7. The zero-order valence-electron chi connectivity index (χ0n) is 27.5. The average molecular weight is 611 g/mol. The van der Waals surface area contributed by atoms with Gasteiger partial charge in [0.1, 0.15) is 9.71 Å². The number of aromatic amines is 1. The van der Waals surface area contributed by atoms with Gasteiger partial charge in [0.05, 0.1) is 16.1 Å². The van der Waals surface area contributed by atoms with E-state index in [-0.39, 0.29) is 21.6 Å². The van der Waals surface area contributed by atoms with Crippen LogP contribution in [0.4, 0.5) is 0 Å². The molecule has 0 radical (unpaired) electrons. The van der Waals surface area contributed by atoms with Crippen LogP contribution in [-0.2, 0) is 0 Å². The largest absolute Gasteiger partial charge is 2.00 e. The molecular formula is C36H45BeN2O2S2+. The third-order valence-electron chi connectivity index (χ3n) is 5.72. The molecule has 0 atom stereocenters. The van der Waals surface area contributed by atoms with Gasteiger partial charge in [0, 0.05) is 11.6 Å². The van der Waals surface area contributed by atoms with Gasteiger partial charge < -0.3 is 10.2 Å². The molecule has 0 unspecified atom stereocenters. The van der Waals surface area contributed by atoms with Gasteiger partial charge in [0.2, 0.25) is 5.52 Å². The number of aryl methyl sites for hydroxylation is 4. The van der Waals surface area contributed by atoms with E-state index in [9.17, 15) is 10.2 Å². The summed E-state index contributed by atoms with van der Waals surface area (Å²) >= 11 is 3.09. The van der Waals surface area contributed by atoms with E-state index in [1.807, 2.05) is 112 Å². The van der Waals surface area contributed by atoms with Gasteiger partial charge in [-0.2, -0.15) is 4.98 Å². The van der Waals surface area contributed by atoms with Crippen molar-refractivity contribution in [2.24, 2.45) is 0 Å². The Morgan fingerprint density at radius 2 is 1.23 bits per heavy atom. The van der Waals surface area contributed by atoms with Gasteiger partial charge in [-0.3, -0.25) is 0 Å². The van der Waals surface area contributed by atoms with Crippen molar-refractivity contribution >= 4 is 55.2 Å². The topological polar surface area (TPSA) is 73.2 Å². The van der Waals surface area contributed by atoms with Gasteiger partial charge in [-0.15, -0.1) is 11.3 Å². The van der Waals surface area contributed by atoms with Crippen LogP contribution >= 0.6 is 22.7 Å². The smallest absolute Gasteiger partial charge is 0.872 e. The van der Waals surface area contributed by atoms with Crippen molar-refractivity contribution in [3.05, 3.63) is 94.5 Å². The van der Waals surface area contributed by atoms with E-state index in [4.69, 9.17) is 0 Å². The standard InChI is InChI=1S/C15H13NOS.C15H15NOS.3C2H6.Be/c1-9-7-10(2)14(17)11(8-9)15-16-12-5-3-4-6-13(12)18-15;1-5-12-13(6-2)18-15(16-12)11-8-9(3)7-10(4)14(11)17;3*1-2;/h3-8,17H,1-2H3;5-8,17H,1-2H2,3-4H3;3*1-2H3;/q;;;;;+2/p-1. The molecule has 0 amide bonds. The number of nitrogens with one attached hydrogen (secondary N) is 1. The summed E-state index contributed by atoms with van der Waals surface area (Å²) in [5.41, 5.74) is 7.03. The molecule has 2 aromatic heterocycles. The third-order valence-corrected chi connectivity index (χ3v) is 7.92. The van der Waals surface area contributed by atoms with Crippen LogP contribution in [0.15, 0.2) is 61.7 Å². The molecule has 5 aromatic rings. The quantitative estimate of drug-likeness (QED) is 0.190.